The van der Waals surface area contributed by atoms with Crippen molar-refractivity contribution in [3.8, 4) is 0 Å². The van der Waals surface area contributed by atoms with Gasteiger partial charge in [-0.15, -0.1) is 24.0 Å². The lowest BCUT2D eigenvalue weighted by Gasteiger charge is -2.35. The van der Waals surface area contributed by atoms with Gasteiger partial charge in [0, 0.05) is 26.7 Å². The molecule has 12 heteroatoms. The number of rotatable bonds is 7. The molecule has 1 aromatic carbocycles. The van der Waals surface area contributed by atoms with E-state index in [9.17, 15) is 21.6 Å². The number of nitrogens with one attached hydrogen (secondary N) is 2. The smallest absolute Gasteiger partial charge is 0.370 e. The van der Waals surface area contributed by atoms with E-state index in [2.05, 4.69) is 15.0 Å². The van der Waals surface area contributed by atoms with Crippen LogP contribution in [0.5, 0.6) is 0 Å². The third-order valence-electron chi connectivity index (χ3n) is 4.50. The minimum atomic E-state index is -4.40. The second kappa shape index (κ2) is 12.1. The average molecular weight is 564 g/mol. The highest BCUT2D eigenvalue weighted by molar-refractivity contribution is 14.0. The fourth-order valence-corrected chi connectivity index (χ4v) is 3.57. The summed E-state index contributed by atoms with van der Waals surface area (Å²) in [5.74, 6) is 0.635. The summed E-state index contributed by atoms with van der Waals surface area (Å²) in [4.78, 5) is 6.14. The maximum Gasteiger partial charge on any atom is 0.416 e. The monoisotopic (exact) mass is 564 g/mol. The number of morpholine rings is 1. The van der Waals surface area contributed by atoms with Gasteiger partial charge < -0.3 is 15.0 Å². The van der Waals surface area contributed by atoms with Crippen LogP contribution in [0, 0.1) is 0 Å². The Morgan fingerprint density at radius 3 is 2.70 bits per heavy atom. The Morgan fingerprint density at radius 1 is 1.33 bits per heavy atom. The summed E-state index contributed by atoms with van der Waals surface area (Å²) in [6, 6.07) is 5.16. The highest BCUT2D eigenvalue weighted by Crippen LogP contribution is 2.32. The predicted molar refractivity (Wildman–Crippen MR) is 121 cm³/mol. The number of alkyl halides is 3. The summed E-state index contributed by atoms with van der Waals surface area (Å²) in [6.45, 7) is 3.67. The van der Waals surface area contributed by atoms with Crippen LogP contribution in [0.4, 0.5) is 13.2 Å². The van der Waals surface area contributed by atoms with Crippen LogP contribution in [0.15, 0.2) is 29.3 Å². The molecule has 0 radical (unpaired) electrons. The summed E-state index contributed by atoms with van der Waals surface area (Å²) in [7, 11) is -1.59. The Kier molecular flexibility index (Phi) is 10.8. The third-order valence-corrected chi connectivity index (χ3v) is 5.91. The maximum atomic E-state index is 13.0. The number of nitrogens with zero attached hydrogens (tertiary/aromatic N) is 2. The van der Waals surface area contributed by atoms with Gasteiger partial charge in [-0.25, -0.2) is 13.1 Å². The van der Waals surface area contributed by atoms with Crippen LogP contribution in [-0.4, -0.2) is 64.9 Å². The largest absolute Gasteiger partial charge is 0.416 e. The number of ether oxygens (including phenoxy) is 1. The molecule has 30 heavy (non-hydrogen) atoms. The van der Waals surface area contributed by atoms with Crippen molar-refractivity contribution in [2.45, 2.75) is 25.6 Å². The number of guanidine groups is 1. The molecule has 1 aliphatic rings. The van der Waals surface area contributed by atoms with Crippen LogP contribution < -0.4 is 10.0 Å². The molecule has 0 aliphatic carbocycles. The van der Waals surface area contributed by atoms with E-state index in [0.717, 1.165) is 12.1 Å². The van der Waals surface area contributed by atoms with Gasteiger partial charge in [-0.2, -0.15) is 13.2 Å². The van der Waals surface area contributed by atoms with Crippen molar-refractivity contribution in [3.05, 3.63) is 35.4 Å². The molecule has 1 aromatic rings. The third kappa shape index (κ3) is 8.19. The fourth-order valence-electron chi connectivity index (χ4n) is 2.91. The van der Waals surface area contributed by atoms with E-state index in [1.54, 1.807) is 20.0 Å². The number of benzene rings is 1. The quantitative estimate of drug-likeness (QED) is 0.231. The standard InChI is InChI=1S/C18H27F3N4O3S.HI/c1-3-29(26,27)24-9-5-8-23-17(22-2)25-10-11-28-16(13-25)14-6-4-7-15(12-14)18(19,20)21;/h4,6-7,12,16,24H,3,5,8-11,13H2,1-2H3,(H,22,23);1H. The zero-order valence-electron chi connectivity index (χ0n) is 16.9. The minimum Gasteiger partial charge on any atom is -0.370 e. The van der Waals surface area contributed by atoms with Crippen LogP contribution in [-0.2, 0) is 20.9 Å². The lowest BCUT2D eigenvalue weighted by molar-refractivity contribution is -0.137. The zero-order chi connectivity index (χ0) is 21.5. The van der Waals surface area contributed by atoms with Gasteiger partial charge in [0.2, 0.25) is 10.0 Å². The lowest BCUT2D eigenvalue weighted by Crippen LogP contribution is -2.48. The van der Waals surface area contributed by atoms with Gasteiger partial charge in [0.15, 0.2) is 5.96 Å². The van der Waals surface area contributed by atoms with Gasteiger partial charge in [0.25, 0.3) is 0 Å². The number of aliphatic imine (C=N–C) groups is 1. The molecule has 0 spiro atoms. The summed E-state index contributed by atoms with van der Waals surface area (Å²) < 4.78 is 69.9. The summed E-state index contributed by atoms with van der Waals surface area (Å²) in [6.07, 6.45) is -4.33. The molecule has 1 unspecified atom stereocenters. The van der Waals surface area contributed by atoms with Crippen LogP contribution in [0.3, 0.4) is 0 Å². The summed E-state index contributed by atoms with van der Waals surface area (Å²) in [5.41, 5.74) is -0.235. The molecule has 1 fully saturated rings. The van der Waals surface area contributed by atoms with E-state index >= 15 is 0 Å². The second-order valence-corrected chi connectivity index (χ2v) is 8.65. The Bertz CT molecular complexity index is 806. The van der Waals surface area contributed by atoms with Crippen LogP contribution in [0.25, 0.3) is 0 Å². The molecule has 2 N–H and O–H groups in total. The van der Waals surface area contributed by atoms with Crippen molar-refractivity contribution in [1.29, 1.82) is 0 Å². The summed E-state index contributed by atoms with van der Waals surface area (Å²) >= 11 is 0. The first-order valence-corrected chi connectivity index (χ1v) is 11.0. The number of hydrogen-bond acceptors (Lipinski definition) is 4. The maximum absolute atomic E-state index is 13.0. The van der Waals surface area contributed by atoms with E-state index in [4.69, 9.17) is 4.74 Å². The normalized spacial score (nSPS) is 18.1. The zero-order valence-corrected chi connectivity index (χ0v) is 20.1. The molecule has 1 saturated heterocycles. The van der Waals surface area contributed by atoms with E-state index in [1.165, 1.54) is 6.07 Å². The SMILES string of the molecule is CCS(=O)(=O)NCCCNC(=NC)N1CCOC(c2cccc(C(F)(F)F)c2)C1.I. The Morgan fingerprint density at radius 2 is 2.07 bits per heavy atom. The lowest BCUT2D eigenvalue weighted by atomic mass is 10.0. The van der Waals surface area contributed by atoms with Crippen molar-refractivity contribution in [2.24, 2.45) is 4.99 Å². The molecular formula is C18H28F3IN4O3S. The second-order valence-electron chi connectivity index (χ2n) is 6.55. The molecule has 172 valence electrons. The highest BCUT2D eigenvalue weighted by Gasteiger charge is 2.32. The molecule has 0 amide bonds. The van der Waals surface area contributed by atoms with Crippen molar-refractivity contribution in [1.82, 2.24) is 14.9 Å². The van der Waals surface area contributed by atoms with Gasteiger partial charge in [0.1, 0.15) is 6.10 Å². The van der Waals surface area contributed by atoms with Crippen molar-refractivity contribution in [3.63, 3.8) is 0 Å². The fraction of sp³-hybridized carbons (Fsp3) is 0.611. The summed E-state index contributed by atoms with van der Waals surface area (Å²) in [5, 5.41) is 3.16. The Labute approximate surface area is 192 Å². The highest BCUT2D eigenvalue weighted by atomic mass is 127. The van der Waals surface area contributed by atoms with Gasteiger partial charge >= 0.3 is 6.18 Å². The number of halogens is 4. The van der Waals surface area contributed by atoms with Crippen molar-refractivity contribution >= 4 is 40.0 Å². The number of hydrogen-bond donors (Lipinski definition) is 2. The van der Waals surface area contributed by atoms with E-state index < -0.39 is 27.9 Å². The molecular weight excluding hydrogens is 536 g/mol. The van der Waals surface area contributed by atoms with E-state index in [-0.39, 0.29) is 29.7 Å². The van der Waals surface area contributed by atoms with Gasteiger partial charge in [-0.05, 0) is 31.0 Å². The van der Waals surface area contributed by atoms with Gasteiger partial charge in [0.05, 0.1) is 24.5 Å². The molecule has 1 aliphatic heterocycles. The van der Waals surface area contributed by atoms with E-state index in [1.807, 2.05) is 4.90 Å². The van der Waals surface area contributed by atoms with Crippen molar-refractivity contribution < 1.29 is 26.3 Å². The van der Waals surface area contributed by atoms with Crippen LogP contribution in [0.2, 0.25) is 0 Å². The topological polar surface area (TPSA) is 83.0 Å². The molecule has 1 atom stereocenters. The molecule has 2 rings (SSSR count). The van der Waals surface area contributed by atoms with E-state index in [0.29, 0.717) is 50.7 Å². The molecule has 0 aromatic heterocycles. The van der Waals surface area contributed by atoms with Crippen molar-refractivity contribution in [2.75, 3.05) is 45.6 Å². The van der Waals surface area contributed by atoms with Crippen LogP contribution >= 0.6 is 24.0 Å². The average Bonchev–Trinajstić information content (AvgIpc) is 2.70. The van der Waals surface area contributed by atoms with Gasteiger partial charge in [-0.3, -0.25) is 4.99 Å². The molecule has 1 heterocycles. The van der Waals surface area contributed by atoms with Gasteiger partial charge in [-0.1, -0.05) is 12.1 Å². The molecule has 0 saturated carbocycles. The first-order valence-electron chi connectivity index (χ1n) is 9.38. The Hall–Kier alpha value is -1.12. The first-order chi connectivity index (χ1) is 13.7. The minimum absolute atomic E-state index is 0. The molecule has 0 bridgehead atoms. The predicted octanol–water partition coefficient (Wildman–Crippen LogP) is 2.60. The number of sulfonamides is 1. The Balaban J connectivity index is 0.00000450. The molecule has 7 nitrogen and oxygen atoms in total. The van der Waals surface area contributed by atoms with Crippen LogP contribution in [0.1, 0.15) is 30.6 Å². The first kappa shape index (κ1) is 26.9.